The Bertz CT molecular complexity index is 1430. The third kappa shape index (κ3) is 5.99. The van der Waals surface area contributed by atoms with Gasteiger partial charge in [-0.05, 0) is 52.9 Å². The molecule has 0 radical (unpaired) electrons. The predicted octanol–water partition coefficient (Wildman–Crippen LogP) is 3.83. The quantitative estimate of drug-likeness (QED) is 0.341. The molecule has 0 aliphatic rings. The number of carboxylic acids is 1. The molecule has 0 saturated carbocycles. The van der Waals surface area contributed by atoms with Gasteiger partial charge in [0.15, 0.2) is 5.82 Å². The Morgan fingerprint density at radius 3 is 2.40 bits per heavy atom. The molecule has 4 rings (SSSR count). The second-order valence-electron chi connectivity index (χ2n) is 8.12. The summed E-state index contributed by atoms with van der Waals surface area (Å²) in [6.45, 7) is 2.96. The zero-order chi connectivity index (χ0) is 24.8. The van der Waals surface area contributed by atoms with Crippen LogP contribution in [-0.4, -0.2) is 27.0 Å². The number of nitrogens with zero attached hydrogens (tertiary/aromatic N) is 1. The number of ether oxygens (including phenoxy) is 1. The van der Waals surface area contributed by atoms with Crippen LogP contribution in [0.2, 0.25) is 0 Å². The molecular weight excluding hydrogens is 446 g/mol. The van der Waals surface area contributed by atoms with Gasteiger partial charge in [-0.15, -0.1) is 0 Å². The summed E-state index contributed by atoms with van der Waals surface area (Å²) in [5, 5.41) is 12.2. The standard InChI is InChI=1S/C27H25N3O5/c1-2-17-4-3-5-19(12-17)14-28-26(32)24-29-23-13-20(8-11-22(23)25(31)30-24)16-35-15-18-6-9-21(10-7-18)27(33)34/h3-13H,2,14-16H2,1H3,(H,28,32)(H,33,34)(H,29,30,31). The van der Waals surface area contributed by atoms with Gasteiger partial charge in [0, 0.05) is 6.54 Å². The van der Waals surface area contributed by atoms with Crippen LogP contribution < -0.4 is 10.9 Å². The van der Waals surface area contributed by atoms with Gasteiger partial charge in [0.25, 0.3) is 11.5 Å². The molecule has 0 unspecified atom stereocenters. The average molecular weight is 472 g/mol. The predicted molar refractivity (Wildman–Crippen MR) is 131 cm³/mol. The van der Waals surface area contributed by atoms with Crippen LogP contribution in [0.25, 0.3) is 10.9 Å². The van der Waals surface area contributed by atoms with E-state index in [2.05, 4.69) is 22.2 Å². The molecule has 1 heterocycles. The maximum Gasteiger partial charge on any atom is 0.335 e. The van der Waals surface area contributed by atoms with Crippen LogP contribution in [0.15, 0.2) is 71.5 Å². The minimum atomic E-state index is -0.977. The number of H-pyrrole nitrogens is 1. The molecule has 0 aliphatic carbocycles. The van der Waals surface area contributed by atoms with Crippen molar-refractivity contribution >= 4 is 22.8 Å². The van der Waals surface area contributed by atoms with Crippen molar-refractivity contribution < 1.29 is 19.4 Å². The minimum Gasteiger partial charge on any atom is -0.478 e. The number of hydrogen-bond acceptors (Lipinski definition) is 5. The fraction of sp³-hybridized carbons (Fsp3) is 0.185. The van der Waals surface area contributed by atoms with Crippen molar-refractivity contribution in [2.75, 3.05) is 0 Å². The van der Waals surface area contributed by atoms with Gasteiger partial charge >= 0.3 is 5.97 Å². The van der Waals surface area contributed by atoms with E-state index in [1.54, 1.807) is 30.3 Å². The lowest BCUT2D eigenvalue weighted by Crippen LogP contribution is -2.27. The molecule has 1 amide bonds. The van der Waals surface area contributed by atoms with Crippen molar-refractivity contribution in [3.63, 3.8) is 0 Å². The number of aromatic carboxylic acids is 1. The number of hydrogen-bond donors (Lipinski definition) is 3. The molecule has 0 saturated heterocycles. The van der Waals surface area contributed by atoms with Gasteiger partial charge in [-0.1, -0.05) is 49.4 Å². The number of carbonyl (C=O) groups is 2. The van der Waals surface area contributed by atoms with Crippen LogP contribution in [0.4, 0.5) is 0 Å². The van der Waals surface area contributed by atoms with Crippen LogP contribution in [0.5, 0.6) is 0 Å². The molecule has 3 aromatic carbocycles. The molecular formula is C27H25N3O5. The summed E-state index contributed by atoms with van der Waals surface area (Å²) >= 11 is 0. The number of rotatable bonds is 9. The van der Waals surface area contributed by atoms with Gasteiger partial charge in [0.1, 0.15) is 0 Å². The molecule has 0 spiro atoms. The highest BCUT2D eigenvalue weighted by Crippen LogP contribution is 2.13. The van der Waals surface area contributed by atoms with E-state index in [-0.39, 0.29) is 23.6 Å². The van der Waals surface area contributed by atoms with Crippen LogP contribution in [0.3, 0.4) is 0 Å². The Morgan fingerprint density at radius 2 is 1.66 bits per heavy atom. The molecule has 0 bridgehead atoms. The SMILES string of the molecule is CCc1cccc(CNC(=O)c2nc3cc(COCc4ccc(C(=O)O)cc4)ccc3c(=O)[nH]2)c1. The molecule has 1 aromatic heterocycles. The fourth-order valence-corrected chi connectivity index (χ4v) is 3.64. The lowest BCUT2D eigenvalue weighted by molar-refractivity contribution is 0.0696. The Hall–Kier alpha value is -4.30. The Balaban J connectivity index is 1.42. The topological polar surface area (TPSA) is 121 Å². The smallest absolute Gasteiger partial charge is 0.335 e. The van der Waals surface area contributed by atoms with Gasteiger partial charge in [-0.25, -0.2) is 9.78 Å². The molecule has 8 nitrogen and oxygen atoms in total. The summed E-state index contributed by atoms with van der Waals surface area (Å²) in [6.07, 6.45) is 0.907. The van der Waals surface area contributed by atoms with E-state index in [1.807, 2.05) is 24.3 Å². The highest BCUT2D eigenvalue weighted by Gasteiger charge is 2.12. The van der Waals surface area contributed by atoms with Crippen molar-refractivity contribution in [1.82, 2.24) is 15.3 Å². The van der Waals surface area contributed by atoms with Crippen molar-refractivity contribution in [1.29, 1.82) is 0 Å². The summed E-state index contributed by atoms with van der Waals surface area (Å²) in [4.78, 5) is 43.0. The van der Waals surface area contributed by atoms with E-state index in [1.165, 1.54) is 17.7 Å². The van der Waals surface area contributed by atoms with Crippen LogP contribution in [-0.2, 0) is 30.9 Å². The molecule has 8 heteroatoms. The van der Waals surface area contributed by atoms with Gasteiger partial charge in [0.2, 0.25) is 0 Å². The summed E-state index contributed by atoms with van der Waals surface area (Å²) < 4.78 is 5.73. The summed E-state index contributed by atoms with van der Waals surface area (Å²) in [7, 11) is 0. The largest absolute Gasteiger partial charge is 0.478 e. The van der Waals surface area contributed by atoms with Gasteiger partial charge < -0.3 is 20.1 Å². The molecule has 178 valence electrons. The van der Waals surface area contributed by atoms with Crippen LogP contribution in [0, 0.1) is 0 Å². The van der Waals surface area contributed by atoms with Gasteiger partial charge in [-0.2, -0.15) is 0 Å². The van der Waals surface area contributed by atoms with Crippen molar-refractivity contribution in [2.45, 2.75) is 33.1 Å². The van der Waals surface area contributed by atoms with Crippen molar-refractivity contribution in [3.8, 4) is 0 Å². The molecule has 0 fully saturated rings. The molecule has 3 N–H and O–H groups in total. The Morgan fingerprint density at radius 1 is 0.943 bits per heavy atom. The van der Waals surface area contributed by atoms with Gasteiger partial charge in [-0.3, -0.25) is 9.59 Å². The third-order valence-electron chi connectivity index (χ3n) is 5.58. The Kier molecular flexibility index (Phi) is 7.32. The number of amides is 1. The van der Waals surface area contributed by atoms with Crippen LogP contribution in [0.1, 0.15) is 50.2 Å². The first-order valence-electron chi connectivity index (χ1n) is 11.2. The number of fused-ring (bicyclic) bond motifs is 1. The normalized spacial score (nSPS) is 10.9. The first kappa shape index (κ1) is 23.8. The lowest BCUT2D eigenvalue weighted by atomic mass is 10.1. The highest BCUT2D eigenvalue weighted by molar-refractivity contribution is 5.92. The number of nitrogens with one attached hydrogen (secondary N) is 2. The summed E-state index contributed by atoms with van der Waals surface area (Å²) in [5.74, 6) is -1.49. The van der Waals surface area contributed by atoms with E-state index < -0.39 is 11.9 Å². The van der Waals surface area contributed by atoms with E-state index in [4.69, 9.17) is 9.84 Å². The second kappa shape index (κ2) is 10.8. The fourth-order valence-electron chi connectivity index (χ4n) is 3.64. The third-order valence-corrected chi connectivity index (χ3v) is 5.58. The van der Waals surface area contributed by atoms with Crippen LogP contribution >= 0.6 is 0 Å². The Labute approximate surface area is 201 Å². The number of benzene rings is 3. The van der Waals surface area contributed by atoms with Crippen molar-refractivity contribution in [3.05, 3.63) is 111 Å². The van der Waals surface area contributed by atoms with Crippen molar-refractivity contribution in [2.24, 2.45) is 0 Å². The first-order valence-corrected chi connectivity index (χ1v) is 11.2. The van der Waals surface area contributed by atoms with E-state index in [9.17, 15) is 14.4 Å². The molecule has 4 aromatic rings. The summed E-state index contributed by atoms with van der Waals surface area (Å²) in [6, 6.07) is 19.6. The number of carbonyl (C=O) groups excluding carboxylic acids is 1. The molecule has 0 atom stereocenters. The lowest BCUT2D eigenvalue weighted by Gasteiger charge is -2.08. The minimum absolute atomic E-state index is 0.0502. The number of aryl methyl sites for hydroxylation is 1. The molecule has 35 heavy (non-hydrogen) atoms. The van der Waals surface area contributed by atoms with Gasteiger partial charge in [0.05, 0.1) is 29.7 Å². The number of aromatic nitrogens is 2. The second-order valence-corrected chi connectivity index (χ2v) is 8.12. The molecule has 0 aliphatic heterocycles. The van der Waals surface area contributed by atoms with E-state index >= 15 is 0 Å². The maximum absolute atomic E-state index is 12.6. The zero-order valence-electron chi connectivity index (χ0n) is 19.2. The number of aromatic amines is 1. The monoisotopic (exact) mass is 471 g/mol. The summed E-state index contributed by atoms with van der Waals surface area (Å²) in [5.41, 5.74) is 4.01. The zero-order valence-corrected chi connectivity index (χ0v) is 19.2. The number of carboxylic acid groups (broad SMARTS) is 1. The van der Waals surface area contributed by atoms with E-state index in [0.29, 0.717) is 24.1 Å². The maximum atomic E-state index is 12.6. The first-order chi connectivity index (χ1) is 16.9. The average Bonchev–Trinajstić information content (AvgIpc) is 2.87. The highest BCUT2D eigenvalue weighted by atomic mass is 16.5. The van der Waals surface area contributed by atoms with E-state index in [0.717, 1.165) is 23.1 Å².